The molecule has 2 heterocycles. The van der Waals surface area contributed by atoms with Crippen molar-refractivity contribution in [3.8, 4) is 0 Å². The molecule has 0 atom stereocenters. The molecule has 2 N–H and O–H groups in total. The average molecular weight is 150 g/mol. The molecule has 11 heavy (non-hydrogen) atoms. The van der Waals surface area contributed by atoms with Crippen LogP contribution in [0.3, 0.4) is 0 Å². The van der Waals surface area contributed by atoms with Gasteiger partial charge in [0.05, 0.1) is 6.42 Å². The first-order valence-corrected chi connectivity index (χ1v) is 3.70. The minimum Gasteiger partial charge on any atom is -0.387 e. The molecule has 0 saturated carbocycles. The summed E-state index contributed by atoms with van der Waals surface area (Å²) in [5.74, 6) is 0.117. The summed E-state index contributed by atoms with van der Waals surface area (Å²) in [6.45, 7) is 2.80. The molecule has 0 radical (unpaired) electrons. The summed E-state index contributed by atoms with van der Waals surface area (Å²) in [5.41, 5.74) is 3.35. The van der Waals surface area contributed by atoms with Crippen molar-refractivity contribution in [2.45, 2.75) is 13.3 Å². The zero-order valence-corrected chi connectivity index (χ0v) is 6.40. The standard InChI is InChI=1S/C8H10N2O/c1-5-3-9-4-6-2-7(11)10-8(5)6/h3,9H,2,4H2,1H3,(H,10,11). The number of allylic oxidation sites excluding steroid dienone is 1. The number of hydrogen-bond donors (Lipinski definition) is 2. The summed E-state index contributed by atoms with van der Waals surface area (Å²) in [6, 6.07) is 0. The smallest absolute Gasteiger partial charge is 0.228 e. The van der Waals surface area contributed by atoms with E-state index in [-0.39, 0.29) is 5.91 Å². The average Bonchev–Trinajstić information content (AvgIpc) is 2.31. The van der Waals surface area contributed by atoms with Crippen molar-refractivity contribution >= 4 is 5.91 Å². The van der Waals surface area contributed by atoms with Gasteiger partial charge in [0.2, 0.25) is 5.91 Å². The molecule has 2 aliphatic heterocycles. The number of carbonyl (C=O) groups is 1. The lowest BCUT2D eigenvalue weighted by Gasteiger charge is -2.13. The van der Waals surface area contributed by atoms with Gasteiger partial charge in [-0.25, -0.2) is 0 Å². The molecule has 2 rings (SSSR count). The topological polar surface area (TPSA) is 41.1 Å². The van der Waals surface area contributed by atoms with Gasteiger partial charge in [0, 0.05) is 18.4 Å². The third-order valence-corrected chi connectivity index (χ3v) is 2.02. The normalized spacial score (nSPS) is 22.3. The van der Waals surface area contributed by atoms with Gasteiger partial charge in [-0.2, -0.15) is 0 Å². The number of carbonyl (C=O) groups excluding carboxylic acids is 1. The molecule has 2 aliphatic rings. The summed E-state index contributed by atoms with van der Waals surface area (Å²) >= 11 is 0. The van der Waals surface area contributed by atoms with Gasteiger partial charge in [-0.05, 0) is 18.1 Å². The molecule has 0 aromatic heterocycles. The lowest BCUT2D eigenvalue weighted by Crippen LogP contribution is -2.19. The third-order valence-electron chi connectivity index (χ3n) is 2.02. The fourth-order valence-electron chi connectivity index (χ4n) is 1.48. The van der Waals surface area contributed by atoms with Crippen molar-refractivity contribution in [3.63, 3.8) is 0 Å². The first-order chi connectivity index (χ1) is 5.27. The van der Waals surface area contributed by atoms with Crippen molar-refractivity contribution in [2.75, 3.05) is 6.54 Å². The summed E-state index contributed by atoms with van der Waals surface area (Å²) in [4.78, 5) is 10.9. The van der Waals surface area contributed by atoms with Gasteiger partial charge in [-0.15, -0.1) is 0 Å². The summed E-state index contributed by atoms with van der Waals surface area (Å²) in [6.07, 6.45) is 2.50. The molecule has 0 aromatic rings. The predicted octanol–water partition coefficient (Wildman–Crippen LogP) is 0.267. The first kappa shape index (κ1) is 6.46. The Morgan fingerprint density at radius 3 is 3.09 bits per heavy atom. The second kappa shape index (κ2) is 2.12. The maximum Gasteiger partial charge on any atom is 0.228 e. The lowest BCUT2D eigenvalue weighted by atomic mass is 10.1. The first-order valence-electron chi connectivity index (χ1n) is 3.70. The minimum absolute atomic E-state index is 0.117. The van der Waals surface area contributed by atoms with E-state index in [1.54, 1.807) is 0 Å². The SMILES string of the molecule is CC1=CNCC2=C1NC(=O)C2. The third kappa shape index (κ3) is 0.926. The number of dihydropyridines is 1. The predicted molar refractivity (Wildman–Crippen MR) is 41.5 cm³/mol. The van der Waals surface area contributed by atoms with Crippen molar-refractivity contribution < 1.29 is 4.79 Å². The van der Waals surface area contributed by atoms with Crippen LogP contribution in [0.5, 0.6) is 0 Å². The van der Waals surface area contributed by atoms with E-state index in [4.69, 9.17) is 0 Å². The zero-order valence-electron chi connectivity index (χ0n) is 6.40. The maximum atomic E-state index is 10.9. The summed E-state index contributed by atoms with van der Waals surface area (Å²) in [7, 11) is 0. The van der Waals surface area contributed by atoms with Crippen LogP contribution in [-0.4, -0.2) is 12.5 Å². The van der Waals surface area contributed by atoms with Crippen molar-refractivity contribution in [1.82, 2.24) is 10.6 Å². The quantitative estimate of drug-likeness (QED) is 0.520. The molecule has 0 saturated heterocycles. The number of hydrogen-bond acceptors (Lipinski definition) is 2. The lowest BCUT2D eigenvalue weighted by molar-refractivity contribution is -0.118. The van der Waals surface area contributed by atoms with Gasteiger partial charge >= 0.3 is 0 Å². The maximum absolute atomic E-state index is 10.9. The van der Waals surface area contributed by atoms with Gasteiger partial charge in [-0.1, -0.05) is 0 Å². The van der Waals surface area contributed by atoms with Crippen LogP contribution in [-0.2, 0) is 4.79 Å². The van der Waals surface area contributed by atoms with Crippen molar-refractivity contribution in [1.29, 1.82) is 0 Å². The molecule has 0 aromatic carbocycles. The molecule has 0 spiro atoms. The Balaban J connectivity index is 2.34. The highest BCUT2D eigenvalue weighted by molar-refractivity contribution is 5.85. The largest absolute Gasteiger partial charge is 0.387 e. The Bertz CT molecular complexity index is 276. The van der Waals surface area contributed by atoms with E-state index >= 15 is 0 Å². The highest BCUT2D eigenvalue weighted by Gasteiger charge is 2.23. The second-order valence-corrected chi connectivity index (χ2v) is 2.91. The number of rotatable bonds is 0. The Morgan fingerprint density at radius 2 is 2.36 bits per heavy atom. The summed E-state index contributed by atoms with van der Waals surface area (Å²) in [5, 5.41) is 5.95. The van der Waals surface area contributed by atoms with E-state index < -0.39 is 0 Å². The molecule has 0 aliphatic carbocycles. The number of nitrogens with one attached hydrogen (secondary N) is 2. The van der Waals surface area contributed by atoms with Crippen molar-refractivity contribution in [2.24, 2.45) is 0 Å². The van der Waals surface area contributed by atoms with E-state index in [0.29, 0.717) is 6.42 Å². The van der Waals surface area contributed by atoms with Crippen LogP contribution in [0, 0.1) is 0 Å². The molecular formula is C8H10N2O. The van der Waals surface area contributed by atoms with Crippen LogP contribution >= 0.6 is 0 Å². The van der Waals surface area contributed by atoms with E-state index in [0.717, 1.165) is 17.8 Å². The van der Waals surface area contributed by atoms with Gasteiger partial charge in [0.1, 0.15) is 0 Å². The van der Waals surface area contributed by atoms with Gasteiger partial charge in [0.15, 0.2) is 0 Å². The van der Waals surface area contributed by atoms with Crippen LogP contribution in [0.4, 0.5) is 0 Å². The van der Waals surface area contributed by atoms with Gasteiger partial charge < -0.3 is 10.6 Å². The highest BCUT2D eigenvalue weighted by Crippen LogP contribution is 2.22. The monoisotopic (exact) mass is 150 g/mol. The minimum atomic E-state index is 0.117. The molecule has 3 nitrogen and oxygen atoms in total. The highest BCUT2D eigenvalue weighted by atomic mass is 16.1. The zero-order chi connectivity index (χ0) is 7.84. The van der Waals surface area contributed by atoms with E-state index in [1.165, 1.54) is 5.57 Å². The van der Waals surface area contributed by atoms with E-state index in [2.05, 4.69) is 10.6 Å². The second-order valence-electron chi connectivity index (χ2n) is 2.91. The molecule has 0 unspecified atom stereocenters. The fraction of sp³-hybridized carbons (Fsp3) is 0.375. The fourth-order valence-corrected chi connectivity index (χ4v) is 1.48. The van der Waals surface area contributed by atoms with Crippen molar-refractivity contribution in [3.05, 3.63) is 23.0 Å². The van der Waals surface area contributed by atoms with Crippen LogP contribution in [0.25, 0.3) is 0 Å². The Hall–Kier alpha value is -1.25. The molecular weight excluding hydrogens is 140 g/mol. The van der Waals surface area contributed by atoms with Crippen LogP contribution < -0.4 is 10.6 Å². The molecule has 0 fully saturated rings. The Morgan fingerprint density at radius 1 is 1.55 bits per heavy atom. The molecule has 58 valence electrons. The van der Waals surface area contributed by atoms with E-state index in [9.17, 15) is 4.79 Å². The van der Waals surface area contributed by atoms with Gasteiger partial charge in [-0.3, -0.25) is 4.79 Å². The molecule has 1 amide bonds. The van der Waals surface area contributed by atoms with Crippen LogP contribution in [0.2, 0.25) is 0 Å². The van der Waals surface area contributed by atoms with Gasteiger partial charge in [0.25, 0.3) is 0 Å². The van der Waals surface area contributed by atoms with Crippen LogP contribution in [0.15, 0.2) is 23.0 Å². The number of amides is 1. The molecule has 0 bridgehead atoms. The Kier molecular flexibility index (Phi) is 1.24. The molecule has 3 heteroatoms. The summed E-state index contributed by atoms with van der Waals surface area (Å²) < 4.78 is 0. The van der Waals surface area contributed by atoms with Crippen LogP contribution in [0.1, 0.15) is 13.3 Å². The Labute approximate surface area is 65.2 Å². The van der Waals surface area contributed by atoms with E-state index in [1.807, 2.05) is 13.1 Å².